The Balaban J connectivity index is 3.01. The van der Waals surface area contributed by atoms with Crippen LogP contribution in [0.4, 0.5) is 0 Å². The van der Waals surface area contributed by atoms with Gasteiger partial charge in [-0.1, -0.05) is 84.0 Å². The van der Waals surface area contributed by atoms with Crippen LogP contribution >= 0.6 is 0 Å². The number of carbonyl (C=O) groups is 1. The van der Waals surface area contributed by atoms with Crippen LogP contribution in [-0.4, -0.2) is 17.5 Å². The molecule has 0 unspecified atom stereocenters. The predicted molar refractivity (Wildman–Crippen MR) is 87.0 cm³/mol. The second-order valence-corrected chi connectivity index (χ2v) is 6.00. The number of hydrogen-bond acceptors (Lipinski definition) is 2. The molecule has 0 aliphatic heterocycles. The van der Waals surface area contributed by atoms with Crippen LogP contribution in [0.15, 0.2) is 0 Å². The second kappa shape index (κ2) is 16.7. The number of ketones is 1. The average molecular weight is 284 g/mol. The molecular formula is C18H36O2. The Morgan fingerprint density at radius 1 is 0.650 bits per heavy atom. The van der Waals surface area contributed by atoms with Gasteiger partial charge >= 0.3 is 0 Å². The van der Waals surface area contributed by atoms with Crippen LogP contribution in [0.2, 0.25) is 0 Å². The number of unbranched alkanes of at least 4 members (excludes halogenated alkanes) is 12. The summed E-state index contributed by atoms with van der Waals surface area (Å²) in [6.07, 6.45) is 18.4. The zero-order valence-corrected chi connectivity index (χ0v) is 13.7. The topological polar surface area (TPSA) is 37.3 Å². The number of rotatable bonds is 16. The van der Waals surface area contributed by atoms with E-state index in [1.807, 2.05) is 0 Å². The first-order valence-electron chi connectivity index (χ1n) is 8.93. The monoisotopic (exact) mass is 284 g/mol. The maximum Gasteiger partial charge on any atom is 0.135 e. The zero-order chi connectivity index (χ0) is 14.9. The molecule has 120 valence electrons. The van der Waals surface area contributed by atoms with Gasteiger partial charge in [0.05, 0.1) is 0 Å². The quantitative estimate of drug-likeness (QED) is 0.384. The summed E-state index contributed by atoms with van der Waals surface area (Å²) in [5.74, 6) is 0.218. The fraction of sp³-hybridized carbons (Fsp3) is 0.944. The van der Waals surface area contributed by atoms with Crippen molar-refractivity contribution in [3.05, 3.63) is 0 Å². The van der Waals surface area contributed by atoms with E-state index in [0.29, 0.717) is 12.8 Å². The van der Waals surface area contributed by atoms with Crippen LogP contribution in [0.5, 0.6) is 0 Å². The molecule has 20 heavy (non-hydrogen) atoms. The Morgan fingerprint density at radius 3 is 1.45 bits per heavy atom. The summed E-state index contributed by atoms with van der Waals surface area (Å²) < 4.78 is 0. The third kappa shape index (κ3) is 15.7. The molecule has 0 aromatic carbocycles. The third-order valence-electron chi connectivity index (χ3n) is 3.95. The molecule has 0 rings (SSSR count). The lowest BCUT2D eigenvalue weighted by Gasteiger charge is -2.03. The molecule has 0 radical (unpaired) electrons. The molecule has 0 spiro atoms. The van der Waals surface area contributed by atoms with Crippen molar-refractivity contribution in [2.24, 2.45) is 0 Å². The minimum absolute atomic E-state index is 0.0112. The van der Waals surface area contributed by atoms with Gasteiger partial charge in [-0.3, -0.25) is 4.79 Å². The molecule has 0 amide bonds. The highest BCUT2D eigenvalue weighted by Gasteiger charge is 2.00. The number of hydrogen-bond donors (Lipinski definition) is 1. The molecule has 0 aromatic heterocycles. The van der Waals surface area contributed by atoms with Crippen molar-refractivity contribution in [1.29, 1.82) is 0 Å². The number of aliphatic hydroxyl groups is 1. The summed E-state index contributed by atoms with van der Waals surface area (Å²) in [7, 11) is 0. The van der Waals surface area contributed by atoms with Gasteiger partial charge in [-0.05, 0) is 6.42 Å². The summed E-state index contributed by atoms with van der Waals surface area (Å²) in [6, 6.07) is 0. The molecule has 2 nitrogen and oxygen atoms in total. The molecule has 0 saturated heterocycles. The van der Waals surface area contributed by atoms with E-state index in [1.165, 1.54) is 77.0 Å². The van der Waals surface area contributed by atoms with E-state index >= 15 is 0 Å². The van der Waals surface area contributed by atoms with Gasteiger partial charge in [-0.15, -0.1) is 0 Å². The standard InChI is InChI=1S/C18H36O2/c1-2-3-4-5-6-7-8-9-10-11-12-13-14-15-18(20)16-17-19/h19H,2-17H2,1H3. The van der Waals surface area contributed by atoms with Crippen LogP contribution in [0.1, 0.15) is 103 Å². The molecule has 0 heterocycles. The maximum absolute atomic E-state index is 11.2. The Bertz CT molecular complexity index is 202. The maximum atomic E-state index is 11.2. The Morgan fingerprint density at radius 2 is 1.05 bits per heavy atom. The lowest BCUT2D eigenvalue weighted by Crippen LogP contribution is -2.00. The van der Waals surface area contributed by atoms with Crippen LogP contribution < -0.4 is 0 Å². The van der Waals surface area contributed by atoms with Crippen LogP contribution in [0, 0.1) is 0 Å². The first kappa shape index (κ1) is 19.6. The third-order valence-corrected chi connectivity index (χ3v) is 3.95. The lowest BCUT2D eigenvalue weighted by molar-refractivity contribution is -0.119. The van der Waals surface area contributed by atoms with Gasteiger partial charge in [0.25, 0.3) is 0 Å². The first-order valence-corrected chi connectivity index (χ1v) is 8.93. The van der Waals surface area contributed by atoms with E-state index in [-0.39, 0.29) is 12.4 Å². The van der Waals surface area contributed by atoms with Gasteiger partial charge in [0.1, 0.15) is 5.78 Å². The molecule has 0 fully saturated rings. The van der Waals surface area contributed by atoms with E-state index < -0.39 is 0 Å². The van der Waals surface area contributed by atoms with E-state index in [9.17, 15) is 4.79 Å². The van der Waals surface area contributed by atoms with E-state index in [4.69, 9.17) is 5.11 Å². The van der Waals surface area contributed by atoms with Crippen molar-refractivity contribution in [3.63, 3.8) is 0 Å². The Labute approximate surface area is 126 Å². The predicted octanol–water partition coefficient (Wildman–Crippen LogP) is 5.42. The van der Waals surface area contributed by atoms with E-state index in [0.717, 1.165) is 6.42 Å². The van der Waals surface area contributed by atoms with E-state index in [1.54, 1.807) is 0 Å². The highest BCUT2D eigenvalue weighted by atomic mass is 16.3. The first-order chi connectivity index (χ1) is 9.81. The minimum atomic E-state index is 0.0112. The van der Waals surface area contributed by atoms with E-state index in [2.05, 4.69) is 6.92 Å². The highest BCUT2D eigenvalue weighted by molar-refractivity contribution is 5.78. The highest BCUT2D eigenvalue weighted by Crippen LogP contribution is 2.13. The number of aliphatic hydroxyl groups excluding tert-OH is 1. The van der Waals surface area contributed by atoms with Crippen molar-refractivity contribution in [2.45, 2.75) is 103 Å². The second-order valence-electron chi connectivity index (χ2n) is 6.00. The molecular weight excluding hydrogens is 248 g/mol. The van der Waals surface area contributed by atoms with Gasteiger partial charge in [-0.25, -0.2) is 0 Å². The van der Waals surface area contributed by atoms with Crippen LogP contribution in [-0.2, 0) is 4.79 Å². The van der Waals surface area contributed by atoms with Crippen LogP contribution in [0.3, 0.4) is 0 Å². The lowest BCUT2D eigenvalue weighted by atomic mass is 10.0. The average Bonchev–Trinajstić information content (AvgIpc) is 2.44. The number of carbonyl (C=O) groups excluding carboxylic acids is 1. The zero-order valence-electron chi connectivity index (χ0n) is 13.7. The molecule has 0 atom stereocenters. The molecule has 0 aliphatic rings. The molecule has 0 aromatic rings. The fourth-order valence-corrected chi connectivity index (χ4v) is 2.59. The van der Waals surface area contributed by atoms with Gasteiger partial charge in [0, 0.05) is 19.4 Å². The van der Waals surface area contributed by atoms with Crippen molar-refractivity contribution in [2.75, 3.05) is 6.61 Å². The van der Waals surface area contributed by atoms with Crippen molar-refractivity contribution in [3.8, 4) is 0 Å². The van der Waals surface area contributed by atoms with Gasteiger partial charge in [-0.2, -0.15) is 0 Å². The molecule has 0 aliphatic carbocycles. The molecule has 0 bridgehead atoms. The van der Waals surface area contributed by atoms with Gasteiger partial charge in [0.15, 0.2) is 0 Å². The Hall–Kier alpha value is -0.370. The van der Waals surface area contributed by atoms with Crippen molar-refractivity contribution >= 4 is 5.78 Å². The normalized spacial score (nSPS) is 10.9. The summed E-state index contributed by atoms with van der Waals surface area (Å²) in [6.45, 7) is 2.28. The molecule has 1 N–H and O–H groups in total. The van der Waals surface area contributed by atoms with Gasteiger partial charge < -0.3 is 5.11 Å². The summed E-state index contributed by atoms with van der Waals surface area (Å²) in [5, 5.41) is 8.62. The van der Waals surface area contributed by atoms with Crippen molar-refractivity contribution < 1.29 is 9.90 Å². The van der Waals surface area contributed by atoms with Crippen LogP contribution in [0.25, 0.3) is 0 Å². The number of Topliss-reactive ketones (excluding diaryl/α,β-unsaturated/α-hetero) is 1. The minimum Gasteiger partial charge on any atom is -0.396 e. The summed E-state index contributed by atoms with van der Waals surface area (Å²) >= 11 is 0. The summed E-state index contributed by atoms with van der Waals surface area (Å²) in [4.78, 5) is 11.2. The summed E-state index contributed by atoms with van der Waals surface area (Å²) in [5.41, 5.74) is 0. The fourth-order valence-electron chi connectivity index (χ4n) is 2.59. The molecule has 2 heteroatoms. The van der Waals surface area contributed by atoms with Gasteiger partial charge in [0.2, 0.25) is 0 Å². The van der Waals surface area contributed by atoms with Crippen molar-refractivity contribution in [1.82, 2.24) is 0 Å². The Kier molecular flexibility index (Phi) is 16.4. The smallest absolute Gasteiger partial charge is 0.135 e. The molecule has 0 saturated carbocycles. The largest absolute Gasteiger partial charge is 0.396 e. The SMILES string of the molecule is CCCCCCCCCCCCCCCC(=O)CCO.